The number of nitrogens with zero attached hydrogens (tertiary/aromatic N) is 1. The van der Waals surface area contributed by atoms with E-state index in [0.717, 1.165) is 11.5 Å². The molecule has 8 heteroatoms. The SMILES string of the molecule is CN(C)C(=O)CNC(=O)COC(=O)c1ccc(C2SCCCS2)cc1. The van der Waals surface area contributed by atoms with E-state index in [-0.39, 0.29) is 12.5 Å². The summed E-state index contributed by atoms with van der Waals surface area (Å²) in [6, 6.07) is 7.31. The maximum absolute atomic E-state index is 12.0. The van der Waals surface area contributed by atoms with Gasteiger partial charge in [0, 0.05) is 14.1 Å². The van der Waals surface area contributed by atoms with Crippen LogP contribution in [0.1, 0.15) is 26.9 Å². The maximum atomic E-state index is 12.0. The summed E-state index contributed by atoms with van der Waals surface area (Å²) in [6.07, 6.45) is 1.23. The molecule has 1 aromatic rings. The van der Waals surface area contributed by atoms with Crippen LogP contribution in [-0.2, 0) is 14.3 Å². The van der Waals surface area contributed by atoms with Crippen LogP contribution in [0.4, 0.5) is 0 Å². The summed E-state index contributed by atoms with van der Waals surface area (Å²) in [5.41, 5.74) is 1.60. The van der Waals surface area contributed by atoms with Crippen molar-refractivity contribution in [2.24, 2.45) is 0 Å². The largest absolute Gasteiger partial charge is 0.452 e. The number of likely N-dealkylation sites (N-methyl/N-ethyl adjacent to an activating group) is 1. The van der Waals surface area contributed by atoms with E-state index in [2.05, 4.69) is 5.32 Å². The Kier molecular flexibility index (Phi) is 7.64. The molecule has 1 N–H and O–H groups in total. The average molecular weight is 383 g/mol. The van der Waals surface area contributed by atoms with Gasteiger partial charge in [-0.1, -0.05) is 12.1 Å². The first kappa shape index (κ1) is 19.7. The quantitative estimate of drug-likeness (QED) is 0.758. The Balaban J connectivity index is 1.78. The molecule has 1 saturated heterocycles. The average Bonchev–Trinajstić information content (AvgIpc) is 2.64. The summed E-state index contributed by atoms with van der Waals surface area (Å²) < 4.78 is 5.40. The number of thioether (sulfide) groups is 2. The molecule has 2 rings (SSSR count). The zero-order chi connectivity index (χ0) is 18.2. The highest BCUT2D eigenvalue weighted by molar-refractivity contribution is 8.16. The molecule has 25 heavy (non-hydrogen) atoms. The number of carbonyl (C=O) groups excluding carboxylic acids is 3. The highest BCUT2D eigenvalue weighted by atomic mass is 32.2. The van der Waals surface area contributed by atoms with Gasteiger partial charge in [-0.25, -0.2) is 4.79 Å². The Labute approximate surface area is 156 Å². The Morgan fingerprint density at radius 3 is 2.40 bits per heavy atom. The molecular formula is C17H22N2O4S2. The molecule has 1 aliphatic rings. The van der Waals surface area contributed by atoms with Gasteiger partial charge in [0.1, 0.15) is 0 Å². The fourth-order valence-corrected chi connectivity index (χ4v) is 4.95. The van der Waals surface area contributed by atoms with Gasteiger partial charge in [-0.05, 0) is 35.6 Å². The third-order valence-electron chi connectivity index (χ3n) is 3.52. The van der Waals surface area contributed by atoms with Gasteiger partial charge in [0.05, 0.1) is 16.7 Å². The standard InChI is InChI=1S/C17H22N2O4S2/c1-19(2)15(21)10-18-14(20)11-23-16(22)12-4-6-13(7-5-12)17-24-8-3-9-25-17/h4-7,17H,3,8-11H2,1-2H3,(H,18,20). The second-order valence-corrected chi connectivity index (χ2v) is 8.41. The van der Waals surface area contributed by atoms with Gasteiger partial charge in [-0.15, -0.1) is 23.5 Å². The van der Waals surface area contributed by atoms with E-state index in [1.807, 2.05) is 35.7 Å². The van der Waals surface area contributed by atoms with E-state index in [1.54, 1.807) is 26.2 Å². The minimum absolute atomic E-state index is 0.116. The lowest BCUT2D eigenvalue weighted by atomic mass is 10.1. The normalized spacial score (nSPS) is 14.6. The minimum Gasteiger partial charge on any atom is -0.452 e. The zero-order valence-corrected chi connectivity index (χ0v) is 16.0. The van der Waals surface area contributed by atoms with Crippen LogP contribution in [-0.4, -0.2) is 61.4 Å². The molecular weight excluding hydrogens is 360 g/mol. The van der Waals surface area contributed by atoms with Crippen molar-refractivity contribution in [2.75, 3.05) is 38.8 Å². The fraction of sp³-hybridized carbons (Fsp3) is 0.471. The molecule has 0 aliphatic carbocycles. The molecule has 6 nitrogen and oxygen atoms in total. The summed E-state index contributed by atoms with van der Waals surface area (Å²) in [4.78, 5) is 36.3. The lowest BCUT2D eigenvalue weighted by Crippen LogP contribution is -2.38. The highest BCUT2D eigenvalue weighted by Gasteiger charge is 2.17. The summed E-state index contributed by atoms with van der Waals surface area (Å²) >= 11 is 3.83. The first-order valence-corrected chi connectivity index (χ1v) is 10.0. The van der Waals surface area contributed by atoms with Gasteiger partial charge in [0.15, 0.2) is 6.61 Å². The summed E-state index contributed by atoms with van der Waals surface area (Å²) in [6.45, 7) is -0.523. The summed E-state index contributed by atoms with van der Waals surface area (Å²) in [5, 5.41) is 2.41. The molecule has 0 spiro atoms. The van der Waals surface area contributed by atoms with Crippen LogP contribution in [0.2, 0.25) is 0 Å². The first-order valence-electron chi connectivity index (χ1n) is 7.94. The predicted molar refractivity (Wildman–Crippen MR) is 101 cm³/mol. The summed E-state index contributed by atoms with van der Waals surface area (Å²) in [7, 11) is 3.20. The van der Waals surface area contributed by atoms with Crippen LogP contribution in [0.25, 0.3) is 0 Å². The molecule has 1 aromatic carbocycles. The zero-order valence-electron chi connectivity index (χ0n) is 14.3. The van der Waals surface area contributed by atoms with Gasteiger partial charge < -0.3 is 15.0 Å². The van der Waals surface area contributed by atoms with Crippen molar-refractivity contribution >= 4 is 41.3 Å². The van der Waals surface area contributed by atoms with Crippen LogP contribution < -0.4 is 5.32 Å². The van der Waals surface area contributed by atoms with Crippen LogP contribution in [0.15, 0.2) is 24.3 Å². The lowest BCUT2D eigenvalue weighted by Gasteiger charge is -2.21. The second kappa shape index (κ2) is 9.72. The fourth-order valence-electron chi connectivity index (χ4n) is 2.05. The van der Waals surface area contributed by atoms with E-state index in [1.165, 1.54) is 16.9 Å². The smallest absolute Gasteiger partial charge is 0.338 e. The number of amides is 2. The van der Waals surface area contributed by atoms with Crippen molar-refractivity contribution in [1.29, 1.82) is 0 Å². The Hall–Kier alpha value is -1.67. The van der Waals surface area contributed by atoms with Gasteiger partial charge in [0.2, 0.25) is 5.91 Å². The minimum atomic E-state index is -0.551. The molecule has 2 amide bonds. The van der Waals surface area contributed by atoms with E-state index < -0.39 is 18.5 Å². The number of carbonyl (C=O) groups is 3. The molecule has 0 saturated carbocycles. The van der Waals surface area contributed by atoms with Crippen LogP contribution in [0, 0.1) is 0 Å². The molecule has 1 fully saturated rings. The van der Waals surface area contributed by atoms with Crippen LogP contribution >= 0.6 is 23.5 Å². The third kappa shape index (κ3) is 6.28. The number of benzene rings is 1. The Morgan fingerprint density at radius 1 is 1.16 bits per heavy atom. The van der Waals surface area contributed by atoms with Gasteiger partial charge in [-0.2, -0.15) is 0 Å². The molecule has 1 aliphatic heterocycles. The number of esters is 1. The van der Waals surface area contributed by atoms with E-state index in [0.29, 0.717) is 10.1 Å². The summed E-state index contributed by atoms with van der Waals surface area (Å²) in [5.74, 6) is 1.04. The highest BCUT2D eigenvalue weighted by Crippen LogP contribution is 2.43. The topological polar surface area (TPSA) is 75.7 Å². The van der Waals surface area contributed by atoms with Crippen molar-refractivity contribution in [3.8, 4) is 0 Å². The number of nitrogens with one attached hydrogen (secondary N) is 1. The van der Waals surface area contributed by atoms with Gasteiger partial charge in [-0.3, -0.25) is 9.59 Å². The van der Waals surface area contributed by atoms with E-state index in [9.17, 15) is 14.4 Å². The second-order valence-electron chi connectivity index (χ2n) is 5.69. The molecule has 0 radical (unpaired) electrons. The van der Waals surface area contributed by atoms with Crippen molar-refractivity contribution in [3.63, 3.8) is 0 Å². The van der Waals surface area contributed by atoms with Gasteiger partial charge in [0.25, 0.3) is 5.91 Å². The van der Waals surface area contributed by atoms with Crippen molar-refractivity contribution in [2.45, 2.75) is 11.0 Å². The van der Waals surface area contributed by atoms with E-state index >= 15 is 0 Å². The van der Waals surface area contributed by atoms with Crippen molar-refractivity contribution in [3.05, 3.63) is 35.4 Å². The van der Waals surface area contributed by atoms with Crippen LogP contribution in [0.5, 0.6) is 0 Å². The first-order chi connectivity index (χ1) is 12.0. The van der Waals surface area contributed by atoms with Crippen LogP contribution in [0.3, 0.4) is 0 Å². The monoisotopic (exact) mass is 382 g/mol. The third-order valence-corrected chi connectivity index (χ3v) is 6.53. The molecule has 136 valence electrons. The number of ether oxygens (including phenoxy) is 1. The number of hydrogen-bond donors (Lipinski definition) is 1. The van der Waals surface area contributed by atoms with Gasteiger partial charge >= 0.3 is 5.97 Å². The van der Waals surface area contributed by atoms with Crippen molar-refractivity contribution in [1.82, 2.24) is 10.2 Å². The predicted octanol–water partition coefficient (Wildman–Crippen LogP) is 1.92. The molecule has 1 heterocycles. The molecule has 0 aromatic heterocycles. The maximum Gasteiger partial charge on any atom is 0.338 e. The van der Waals surface area contributed by atoms with Crippen molar-refractivity contribution < 1.29 is 19.1 Å². The van der Waals surface area contributed by atoms with E-state index in [4.69, 9.17) is 4.74 Å². The number of rotatable bonds is 6. The Bertz CT molecular complexity index is 614. The molecule has 0 atom stereocenters. The Morgan fingerprint density at radius 2 is 1.80 bits per heavy atom. The lowest BCUT2D eigenvalue weighted by molar-refractivity contribution is -0.131. The number of hydrogen-bond acceptors (Lipinski definition) is 6. The molecule has 0 unspecified atom stereocenters. The molecule has 0 bridgehead atoms.